The number of ether oxygens (including phenoxy) is 1. The Labute approximate surface area is 198 Å². The zero-order chi connectivity index (χ0) is 23.6. The number of hydrogen-bond acceptors (Lipinski definition) is 5. The molecule has 0 aliphatic heterocycles. The zero-order valence-corrected chi connectivity index (χ0v) is 19.5. The van der Waals surface area contributed by atoms with Gasteiger partial charge in [0, 0.05) is 18.2 Å². The molecule has 0 aromatic heterocycles. The first kappa shape index (κ1) is 24.6. The summed E-state index contributed by atoms with van der Waals surface area (Å²) in [6.45, 7) is 2.58. The fraction of sp³-hybridized carbons (Fsp3) is 0.400. The molecule has 176 valence electrons. The number of aliphatic carboxylic acids is 1. The van der Waals surface area contributed by atoms with E-state index in [0.717, 1.165) is 24.0 Å². The number of alkyl carbamates (subject to hydrolysis) is 1. The molecule has 0 heterocycles. The summed E-state index contributed by atoms with van der Waals surface area (Å²) in [5, 5.41) is 14.4. The van der Waals surface area contributed by atoms with Crippen molar-refractivity contribution in [1.82, 2.24) is 10.6 Å². The maximum Gasteiger partial charge on any atom is 0.407 e. The summed E-state index contributed by atoms with van der Waals surface area (Å²) in [5.74, 6) is -0.661. The van der Waals surface area contributed by atoms with Gasteiger partial charge in [0.25, 0.3) is 0 Å². The first-order valence-corrected chi connectivity index (χ1v) is 12.4. The van der Waals surface area contributed by atoms with E-state index in [-0.39, 0.29) is 24.2 Å². The maximum atomic E-state index is 12.2. The Bertz CT molecular complexity index is 935. The summed E-state index contributed by atoms with van der Waals surface area (Å²) < 4.78 is 5.48. The van der Waals surface area contributed by atoms with Crippen molar-refractivity contribution in [3.05, 3.63) is 59.7 Å². The van der Waals surface area contributed by atoms with Gasteiger partial charge in [-0.15, -0.1) is 0 Å². The molecule has 3 N–H and O–H groups in total. The quantitative estimate of drug-likeness (QED) is 0.405. The smallest absolute Gasteiger partial charge is 0.407 e. The standard InChI is InChI=1S/C25H30N2O5S/c1-2-3-12-22(24(29)30)27-23(28)16-33-14-13-26-25(31)32-15-21-19-10-6-4-8-17(19)18-9-5-7-11-20(18)21/h4-11,21-22H,2-3,12-16H2,1H3,(H,26,31)(H,27,28)(H,29,30). The van der Waals surface area contributed by atoms with Crippen LogP contribution in [0.2, 0.25) is 0 Å². The van der Waals surface area contributed by atoms with Crippen molar-refractivity contribution in [3.8, 4) is 11.1 Å². The molecule has 2 amide bonds. The fourth-order valence-corrected chi connectivity index (χ4v) is 4.60. The van der Waals surface area contributed by atoms with Gasteiger partial charge in [0.15, 0.2) is 0 Å². The van der Waals surface area contributed by atoms with E-state index in [2.05, 4.69) is 34.9 Å². The van der Waals surface area contributed by atoms with Crippen molar-refractivity contribution in [2.24, 2.45) is 0 Å². The van der Waals surface area contributed by atoms with Crippen LogP contribution in [0.3, 0.4) is 0 Å². The van der Waals surface area contributed by atoms with Crippen LogP contribution in [0.5, 0.6) is 0 Å². The van der Waals surface area contributed by atoms with E-state index < -0.39 is 18.1 Å². The van der Waals surface area contributed by atoms with Crippen LogP contribution in [0.15, 0.2) is 48.5 Å². The third-order valence-corrected chi connectivity index (χ3v) is 6.53. The van der Waals surface area contributed by atoms with Crippen LogP contribution >= 0.6 is 11.8 Å². The maximum absolute atomic E-state index is 12.2. The van der Waals surface area contributed by atoms with E-state index in [1.165, 1.54) is 22.9 Å². The normalized spacial score (nSPS) is 13.0. The third-order valence-electron chi connectivity index (χ3n) is 5.57. The Kier molecular flexibility index (Phi) is 9.18. The van der Waals surface area contributed by atoms with Crippen LogP contribution in [0.4, 0.5) is 4.79 Å². The van der Waals surface area contributed by atoms with E-state index in [9.17, 15) is 19.5 Å². The van der Waals surface area contributed by atoms with Crippen molar-refractivity contribution in [1.29, 1.82) is 0 Å². The highest BCUT2D eigenvalue weighted by molar-refractivity contribution is 7.99. The van der Waals surface area contributed by atoms with Gasteiger partial charge >= 0.3 is 12.1 Å². The number of rotatable bonds is 12. The Hall–Kier alpha value is -3.00. The predicted molar refractivity (Wildman–Crippen MR) is 129 cm³/mol. The summed E-state index contributed by atoms with van der Waals surface area (Å²) >= 11 is 1.33. The molecular weight excluding hydrogens is 440 g/mol. The Balaban J connectivity index is 1.36. The number of amides is 2. The molecular formula is C25H30N2O5S. The number of nitrogens with one attached hydrogen (secondary N) is 2. The summed E-state index contributed by atoms with van der Waals surface area (Å²) in [6, 6.07) is 15.5. The molecule has 0 radical (unpaired) electrons. The molecule has 0 saturated carbocycles. The third kappa shape index (κ3) is 6.74. The van der Waals surface area contributed by atoms with E-state index in [0.29, 0.717) is 18.7 Å². The number of thioether (sulfide) groups is 1. The van der Waals surface area contributed by atoms with Crippen LogP contribution in [-0.2, 0) is 14.3 Å². The van der Waals surface area contributed by atoms with Crippen LogP contribution in [0.25, 0.3) is 11.1 Å². The molecule has 1 aliphatic carbocycles. The number of carboxylic acid groups (broad SMARTS) is 1. The first-order chi connectivity index (χ1) is 16.0. The Morgan fingerprint density at radius 1 is 1.06 bits per heavy atom. The second-order valence-electron chi connectivity index (χ2n) is 7.91. The second-order valence-corrected chi connectivity index (χ2v) is 9.01. The molecule has 2 aromatic carbocycles. The van der Waals surface area contributed by atoms with Gasteiger partial charge in [-0.3, -0.25) is 4.79 Å². The number of benzene rings is 2. The van der Waals surface area contributed by atoms with E-state index >= 15 is 0 Å². The fourth-order valence-electron chi connectivity index (χ4n) is 3.94. The lowest BCUT2D eigenvalue weighted by atomic mass is 9.98. The van der Waals surface area contributed by atoms with E-state index in [1.54, 1.807) is 0 Å². The monoisotopic (exact) mass is 470 g/mol. The first-order valence-electron chi connectivity index (χ1n) is 11.2. The number of hydrogen-bond donors (Lipinski definition) is 3. The van der Waals surface area contributed by atoms with Crippen LogP contribution < -0.4 is 10.6 Å². The minimum atomic E-state index is -1.02. The van der Waals surface area contributed by atoms with Gasteiger partial charge in [0.2, 0.25) is 5.91 Å². The predicted octanol–water partition coefficient (Wildman–Crippen LogP) is 4.02. The molecule has 8 heteroatoms. The molecule has 3 rings (SSSR count). The van der Waals surface area contributed by atoms with Gasteiger partial charge < -0.3 is 20.5 Å². The average molecular weight is 471 g/mol. The minimum absolute atomic E-state index is 0.0103. The van der Waals surface area contributed by atoms with Crippen molar-refractivity contribution >= 4 is 29.7 Å². The lowest BCUT2D eigenvalue weighted by Gasteiger charge is -2.15. The van der Waals surface area contributed by atoms with Gasteiger partial charge in [-0.2, -0.15) is 11.8 Å². The molecule has 7 nitrogen and oxygen atoms in total. The second kappa shape index (κ2) is 12.3. The molecule has 0 fully saturated rings. The molecule has 1 aliphatic rings. The molecule has 2 aromatic rings. The SMILES string of the molecule is CCCCC(NC(=O)CSCCNC(=O)OCC1c2ccccc2-c2ccccc21)C(=O)O. The summed E-state index contributed by atoms with van der Waals surface area (Å²) in [7, 11) is 0. The highest BCUT2D eigenvalue weighted by Gasteiger charge is 2.29. The van der Waals surface area contributed by atoms with Crippen LogP contribution in [0.1, 0.15) is 43.2 Å². The average Bonchev–Trinajstić information content (AvgIpc) is 3.13. The zero-order valence-electron chi connectivity index (χ0n) is 18.7. The molecule has 33 heavy (non-hydrogen) atoms. The Morgan fingerprint density at radius 3 is 2.30 bits per heavy atom. The lowest BCUT2D eigenvalue weighted by Crippen LogP contribution is -2.41. The number of unbranched alkanes of at least 4 members (excludes halogenated alkanes) is 1. The minimum Gasteiger partial charge on any atom is -0.480 e. The molecule has 0 bridgehead atoms. The van der Waals surface area contributed by atoms with Crippen LogP contribution in [-0.4, -0.2) is 53.8 Å². The van der Waals surface area contributed by atoms with E-state index in [4.69, 9.17) is 4.74 Å². The van der Waals surface area contributed by atoms with E-state index in [1.807, 2.05) is 31.2 Å². The number of carbonyl (C=O) groups excluding carboxylic acids is 2. The van der Waals surface area contributed by atoms with Gasteiger partial charge in [-0.25, -0.2) is 9.59 Å². The topological polar surface area (TPSA) is 105 Å². The molecule has 1 unspecified atom stereocenters. The number of carboxylic acids is 1. The highest BCUT2D eigenvalue weighted by Crippen LogP contribution is 2.44. The summed E-state index contributed by atoms with van der Waals surface area (Å²) in [5.41, 5.74) is 4.67. The number of fused-ring (bicyclic) bond motifs is 3. The molecule has 1 atom stereocenters. The van der Waals surface area contributed by atoms with Crippen molar-refractivity contribution in [2.45, 2.75) is 38.1 Å². The van der Waals surface area contributed by atoms with Gasteiger partial charge in [0.05, 0.1) is 5.75 Å². The largest absolute Gasteiger partial charge is 0.480 e. The van der Waals surface area contributed by atoms with Gasteiger partial charge in [-0.1, -0.05) is 68.3 Å². The van der Waals surface area contributed by atoms with Gasteiger partial charge in [0.1, 0.15) is 12.6 Å². The molecule has 0 spiro atoms. The van der Waals surface area contributed by atoms with Gasteiger partial charge in [-0.05, 0) is 28.7 Å². The summed E-state index contributed by atoms with van der Waals surface area (Å²) in [4.78, 5) is 35.3. The van der Waals surface area contributed by atoms with Crippen molar-refractivity contribution < 1.29 is 24.2 Å². The van der Waals surface area contributed by atoms with Crippen molar-refractivity contribution in [3.63, 3.8) is 0 Å². The highest BCUT2D eigenvalue weighted by atomic mass is 32.2. The van der Waals surface area contributed by atoms with Crippen LogP contribution in [0, 0.1) is 0 Å². The Morgan fingerprint density at radius 2 is 1.70 bits per heavy atom. The summed E-state index contributed by atoms with van der Waals surface area (Å²) in [6.07, 6.45) is 1.54. The van der Waals surface area contributed by atoms with Crippen molar-refractivity contribution in [2.75, 3.05) is 24.7 Å². The molecule has 0 saturated heterocycles. The number of carbonyl (C=O) groups is 3. The lowest BCUT2D eigenvalue weighted by molar-refractivity contribution is -0.141.